The Bertz CT molecular complexity index is 1830. The Kier molecular flexibility index (Phi) is 58.8. The molecule has 3 unspecified atom stereocenters. The molecule has 0 saturated carbocycles. The minimum absolute atomic E-state index is 0.0280. The van der Waals surface area contributed by atoms with E-state index in [1.165, 1.54) is 109 Å². The second kappa shape index (κ2) is 61.5. The molecule has 2 N–H and O–H groups in total. The van der Waals surface area contributed by atoms with Gasteiger partial charge in [-0.2, -0.15) is 0 Å². The monoisotopic (exact) mass is 1180 g/mol. The first-order chi connectivity index (χ1) is 40.4. The van der Waals surface area contributed by atoms with Crippen LogP contribution in [-0.4, -0.2) is 74.3 Å². The van der Waals surface area contributed by atoms with E-state index >= 15 is 0 Å². The van der Waals surface area contributed by atoms with Crippen LogP contribution in [0.2, 0.25) is 0 Å². The Balaban J connectivity index is 5.27. The quantitative estimate of drug-likeness (QED) is 0.0205. The molecule has 0 radical (unpaired) electrons. The number of hydrogen-bond acceptors (Lipinski definition) is 6. The van der Waals surface area contributed by atoms with E-state index < -0.39 is 20.0 Å². The Hall–Kier alpha value is -3.59. The molecule has 9 nitrogen and oxygen atoms in total. The van der Waals surface area contributed by atoms with Crippen LogP contribution in [-0.2, 0) is 27.9 Å². The molecule has 0 spiro atoms. The summed E-state index contributed by atoms with van der Waals surface area (Å²) in [5.74, 6) is -0.546. The van der Waals surface area contributed by atoms with Crippen LogP contribution in [0.1, 0.15) is 278 Å². The van der Waals surface area contributed by atoms with Crippen molar-refractivity contribution in [2.24, 2.45) is 0 Å². The first-order valence-corrected chi connectivity index (χ1v) is 35.4. The number of esters is 1. The minimum Gasteiger partial charge on any atom is -0.456 e. The van der Waals surface area contributed by atoms with Crippen molar-refractivity contribution in [3.8, 4) is 0 Å². The Morgan fingerprint density at radius 2 is 0.771 bits per heavy atom. The van der Waals surface area contributed by atoms with Crippen molar-refractivity contribution in [1.29, 1.82) is 0 Å². The lowest BCUT2D eigenvalue weighted by Crippen LogP contribution is -2.47. The fourth-order valence-corrected chi connectivity index (χ4v) is 9.92. The van der Waals surface area contributed by atoms with Crippen LogP contribution in [0.5, 0.6) is 0 Å². The second-order valence-electron chi connectivity index (χ2n) is 23.6. The van der Waals surface area contributed by atoms with Gasteiger partial charge in [-0.15, -0.1) is 0 Å². The van der Waals surface area contributed by atoms with Crippen molar-refractivity contribution in [2.45, 2.75) is 290 Å². The highest BCUT2D eigenvalue weighted by Gasteiger charge is 2.30. The zero-order valence-electron chi connectivity index (χ0n) is 54.4. The number of nitrogens with zero attached hydrogens (tertiary/aromatic N) is 1. The number of carbonyl (C=O) groups excluding carboxylic acids is 2. The van der Waals surface area contributed by atoms with Crippen LogP contribution in [0.4, 0.5) is 0 Å². The van der Waals surface area contributed by atoms with E-state index in [1.807, 2.05) is 33.3 Å². The van der Waals surface area contributed by atoms with Gasteiger partial charge in [0.1, 0.15) is 19.3 Å². The first-order valence-electron chi connectivity index (χ1n) is 33.9. The molecule has 0 aromatic rings. The standard InChI is InChI=1S/C73H127N2O7P/c1-7-10-13-16-19-22-25-28-30-32-34-36-37-39-41-43-45-48-51-54-57-60-63-66-73(77)82-71(64-61-58-55-52-49-46-27-24-21-18-15-12-9-3)70(69-81-83(78,79)80-68-67-75(4,5)6)74-72(76)65-62-59-56-53-50-47-44-42-40-38-35-33-31-29-26-23-20-17-14-11-8-2/h10,13,19-20,22-23,28-31,34-36,38-39,41,45,48,61,64,70-71H,7-9,11-12,14-18,21,24-27,32-33,37,40,42-44,46-47,49-60,62-63,65-69H2,1-6H3,(H-,74,76,78,79)/p+1/b13-10-,22-19-,23-20-,30-28-,31-29-,36-34-,38-35-,41-39-,48-45-,64-61+. The number of ether oxygens (including phenoxy) is 1. The lowest BCUT2D eigenvalue weighted by molar-refractivity contribution is -0.870. The average molecular weight is 1180 g/mol. The van der Waals surface area contributed by atoms with Gasteiger partial charge in [-0.25, -0.2) is 4.57 Å². The van der Waals surface area contributed by atoms with E-state index in [0.717, 1.165) is 128 Å². The molecule has 83 heavy (non-hydrogen) atoms. The van der Waals surface area contributed by atoms with Gasteiger partial charge < -0.3 is 19.4 Å². The maximum absolute atomic E-state index is 13.6. The zero-order valence-corrected chi connectivity index (χ0v) is 55.3. The number of carbonyl (C=O) groups is 2. The van der Waals surface area contributed by atoms with Crippen LogP contribution in [0.25, 0.3) is 0 Å². The molecule has 0 bridgehead atoms. The lowest BCUT2D eigenvalue weighted by Gasteiger charge is -2.27. The van der Waals surface area contributed by atoms with Gasteiger partial charge in [0.15, 0.2) is 0 Å². The summed E-state index contributed by atoms with van der Waals surface area (Å²) < 4.78 is 30.8. The van der Waals surface area contributed by atoms with Gasteiger partial charge in [-0.3, -0.25) is 18.6 Å². The molecule has 476 valence electrons. The Labute approximate surface area is 512 Å². The SMILES string of the molecule is CC/C=C\C/C=C\C/C=C\C/C=C\C/C=C\C/C=C\CCCCCCC(=O)OC(/C=C/CCCCCCCCCCCCC)C(COP(=O)(O)OCC[N+](C)(C)C)NC(=O)CCCCCCCCCC/C=C\C/C=C\C/C=C\CCCCC. The van der Waals surface area contributed by atoms with Crippen LogP contribution < -0.4 is 5.32 Å². The highest BCUT2D eigenvalue weighted by Crippen LogP contribution is 2.43. The van der Waals surface area contributed by atoms with Crippen LogP contribution in [0, 0.1) is 0 Å². The normalized spacial score (nSPS) is 14.3. The van der Waals surface area contributed by atoms with Gasteiger partial charge in [-0.1, -0.05) is 265 Å². The summed E-state index contributed by atoms with van der Waals surface area (Å²) in [6.07, 6.45) is 86.2. The molecule has 1 amide bonds. The van der Waals surface area contributed by atoms with Gasteiger partial charge in [0.05, 0.1) is 33.8 Å². The number of phosphoric ester groups is 1. The third-order valence-corrected chi connectivity index (χ3v) is 15.4. The number of rotatable bonds is 60. The summed E-state index contributed by atoms with van der Waals surface area (Å²) in [6, 6.07) is -0.873. The number of allylic oxidation sites excluding steroid dienone is 19. The van der Waals surface area contributed by atoms with E-state index in [-0.39, 0.29) is 31.5 Å². The van der Waals surface area contributed by atoms with Gasteiger partial charge in [0.25, 0.3) is 0 Å². The van der Waals surface area contributed by atoms with Crippen LogP contribution >= 0.6 is 7.82 Å². The predicted molar refractivity (Wildman–Crippen MR) is 360 cm³/mol. The van der Waals surface area contributed by atoms with Crippen molar-refractivity contribution in [2.75, 3.05) is 40.9 Å². The smallest absolute Gasteiger partial charge is 0.456 e. The van der Waals surface area contributed by atoms with E-state index in [9.17, 15) is 19.0 Å². The summed E-state index contributed by atoms with van der Waals surface area (Å²) >= 11 is 0. The molecule has 0 heterocycles. The summed E-state index contributed by atoms with van der Waals surface area (Å²) in [6.45, 7) is 6.85. The van der Waals surface area contributed by atoms with Gasteiger partial charge >= 0.3 is 13.8 Å². The number of quaternary nitrogens is 1. The molecule has 0 aliphatic rings. The van der Waals surface area contributed by atoms with Crippen LogP contribution in [0.15, 0.2) is 122 Å². The molecule has 0 saturated heterocycles. The van der Waals surface area contributed by atoms with Crippen molar-refractivity contribution in [3.05, 3.63) is 122 Å². The molecular weight excluding hydrogens is 1050 g/mol. The molecule has 3 atom stereocenters. The van der Waals surface area contributed by atoms with Gasteiger partial charge in [0, 0.05) is 12.8 Å². The van der Waals surface area contributed by atoms with Crippen molar-refractivity contribution < 1.29 is 37.3 Å². The number of phosphoric acid groups is 1. The number of nitrogens with one attached hydrogen (secondary N) is 1. The maximum Gasteiger partial charge on any atom is 0.472 e. The Morgan fingerprint density at radius 1 is 0.434 bits per heavy atom. The summed E-state index contributed by atoms with van der Waals surface area (Å²) in [4.78, 5) is 37.9. The first kappa shape index (κ1) is 79.4. The second-order valence-corrected chi connectivity index (χ2v) is 25.1. The van der Waals surface area contributed by atoms with Crippen molar-refractivity contribution >= 4 is 19.7 Å². The predicted octanol–water partition coefficient (Wildman–Crippen LogP) is 21.4. The molecule has 0 aliphatic heterocycles. The molecule has 0 fully saturated rings. The highest BCUT2D eigenvalue weighted by atomic mass is 31.2. The lowest BCUT2D eigenvalue weighted by atomic mass is 10.0. The number of likely N-dealkylation sites (N-methyl/N-ethyl adjacent to an activating group) is 1. The van der Waals surface area contributed by atoms with E-state index in [1.54, 1.807) is 0 Å². The van der Waals surface area contributed by atoms with E-state index in [4.69, 9.17) is 13.8 Å². The highest BCUT2D eigenvalue weighted by molar-refractivity contribution is 7.47. The molecule has 0 aromatic carbocycles. The number of hydrogen-bond donors (Lipinski definition) is 2. The third-order valence-electron chi connectivity index (χ3n) is 14.4. The summed E-state index contributed by atoms with van der Waals surface area (Å²) in [5.41, 5.74) is 0. The summed E-state index contributed by atoms with van der Waals surface area (Å²) in [5, 5.41) is 3.05. The van der Waals surface area contributed by atoms with Gasteiger partial charge in [0.2, 0.25) is 5.91 Å². The average Bonchev–Trinajstić information content (AvgIpc) is 3.47. The third kappa shape index (κ3) is 62.8. The number of unbranched alkanes of at least 4 members (excludes halogenated alkanes) is 26. The van der Waals surface area contributed by atoms with E-state index in [0.29, 0.717) is 23.9 Å². The fraction of sp³-hybridized carbons (Fsp3) is 0.699. The van der Waals surface area contributed by atoms with Gasteiger partial charge in [-0.05, 0) is 122 Å². The topological polar surface area (TPSA) is 111 Å². The van der Waals surface area contributed by atoms with E-state index in [2.05, 4.69) is 135 Å². The van der Waals surface area contributed by atoms with Crippen LogP contribution in [0.3, 0.4) is 0 Å². The van der Waals surface area contributed by atoms with Crippen molar-refractivity contribution in [3.63, 3.8) is 0 Å². The minimum atomic E-state index is -4.47. The molecule has 0 aromatic heterocycles. The molecule has 0 rings (SSSR count). The number of amides is 1. The summed E-state index contributed by atoms with van der Waals surface area (Å²) in [7, 11) is 1.46. The molecular formula is C73H128N2O7P+. The molecule has 10 heteroatoms. The maximum atomic E-state index is 13.6. The molecule has 0 aliphatic carbocycles. The zero-order chi connectivity index (χ0) is 60.7. The Morgan fingerprint density at radius 3 is 1.18 bits per heavy atom. The fourth-order valence-electron chi connectivity index (χ4n) is 9.19. The van der Waals surface area contributed by atoms with Crippen molar-refractivity contribution in [1.82, 2.24) is 5.32 Å². The largest absolute Gasteiger partial charge is 0.472 e.